The fourth-order valence-electron chi connectivity index (χ4n) is 8.82. The predicted molar refractivity (Wildman–Crippen MR) is 217 cm³/mol. The van der Waals surface area contributed by atoms with Gasteiger partial charge in [-0.05, 0) is 98.4 Å². The third kappa shape index (κ3) is 7.83. The second-order valence-electron chi connectivity index (χ2n) is 15.9. The van der Waals surface area contributed by atoms with E-state index in [-0.39, 0.29) is 11.8 Å². The van der Waals surface area contributed by atoms with Gasteiger partial charge in [0.25, 0.3) is 5.91 Å². The smallest absolute Gasteiger partial charge is 0.306 e. The van der Waals surface area contributed by atoms with Crippen molar-refractivity contribution in [1.82, 2.24) is 29.3 Å². The van der Waals surface area contributed by atoms with Crippen LogP contribution in [0, 0.1) is 24.7 Å². The molecule has 1 aliphatic carbocycles. The number of fused-ring (bicyclic) bond motifs is 2. The van der Waals surface area contributed by atoms with Crippen LogP contribution in [0.15, 0.2) is 60.9 Å². The molecule has 2 aliphatic heterocycles. The summed E-state index contributed by atoms with van der Waals surface area (Å²) in [5.41, 5.74) is 8.15. The van der Waals surface area contributed by atoms with Crippen molar-refractivity contribution in [2.75, 3.05) is 36.8 Å². The molecule has 286 valence electrons. The van der Waals surface area contributed by atoms with Crippen LogP contribution in [0.2, 0.25) is 5.02 Å². The summed E-state index contributed by atoms with van der Waals surface area (Å²) < 4.78 is 1.90. The molecule has 8 rings (SSSR count). The van der Waals surface area contributed by atoms with Gasteiger partial charge in [-0.2, -0.15) is 0 Å². The molecular formula is C43H49ClN8O3. The lowest BCUT2D eigenvalue weighted by molar-refractivity contribution is -0.143. The molecule has 3 aliphatic rings. The quantitative estimate of drug-likeness (QED) is 0.129. The van der Waals surface area contributed by atoms with Crippen molar-refractivity contribution in [3.05, 3.63) is 94.3 Å². The number of nitrogens with zero attached hydrogens (tertiary/aromatic N) is 6. The first-order valence-corrected chi connectivity index (χ1v) is 19.9. The van der Waals surface area contributed by atoms with Crippen molar-refractivity contribution in [1.29, 1.82) is 0 Å². The van der Waals surface area contributed by atoms with Crippen LogP contribution in [-0.4, -0.2) is 72.5 Å². The zero-order valence-electron chi connectivity index (χ0n) is 31.8. The molecule has 1 amide bonds. The van der Waals surface area contributed by atoms with E-state index in [0.717, 1.165) is 115 Å². The standard InChI is InChI=1S/C43H49ClN8O3/c1-26-15-18-51(22-26)24-29-20-31-14-17-45-40(39(31)46-21-29)47-34-8-4-6-32(27(34)2)33-7-5-9-35(38(33)44)49-42(53)41-48-36-25-52(19-16-37(36)50(41)3)23-28-10-12-30(13-11-28)43(54)55/h4-9,14,17,20-21,26,28,30H,10-13,15-16,18-19,22-25H2,1-3H3,(H,45,47)(H,49,53)(H,54,55)/t26?,28-,30+. The highest BCUT2D eigenvalue weighted by molar-refractivity contribution is 6.36. The molecule has 3 N–H and O–H groups in total. The first-order chi connectivity index (χ1) is 26.6. The highest BCUT2D eigenvalue weighted by Gasteiger charge is 2.30. The molecule has 2 fully saturated rings. The number of benzene rings is 2. The van der Waals surface area contributed by atoms with Crippen LogP contribution >= 0.6 is 11.6 Å². The molecule has 11 nitrogen and oxygen atoms in total. The number of hydrogen-bond acceptors (Lipinski definition) is 8. The number of pyridine rings is 2. The van der Waals surface area contributed by atoms with E-state index in [2.05, 4.69) is 45.3 Å². The number of hydrogen-bond donors (Lipinski definition) is 3. The number of anilines is 3. The number of rotatable bonds is 10. The minimum atomic E-state index is -0.672. The summed E-state index contributed by atoms with van der Waals surface area (Å²) in [5.74, 6) is 1.09. The predicted octanol–water partition coefficient (Wildman–Crippen LogP) is 8.08. The van der Waals surface area contributed by atoms with E-state index in [4.69, 9.17) is 21.6 Å². The number of carbonyl (C=O) groups is 2. The Morgan fingerprint density at radius 3 is 2.51 bits per heavy atom. The van der Waals surface area contributed by atoms with Crippen LogP contribution < -0.4 is 10.6 Å². The second kappa shape index (κ2) is 15.7. The number of nitrogens with one attached hydrogen (secondary N) is 2. The number of amides is 1. The number of halogens is 1. The van der Waals surface area contributed by atoms with Crippen LogP contribution in [0.1, 0.15) is 72.2 Å². The lowest BCUT2D eigenvalue weighted by Gasteiger charge is -2.33. The van der Waals surface area contributed by atoms with Gasteiger partial charge < -0.3 is 20.3 Å². The van der Waals surface area contributed by atoms with Gasteiger partial charge in [-0.25, -0.2) is 9.97 Å². The van der Waals surface area contributed by atoms with Crippen molar-refractivity contribution in [3.8, 4) is 11.1 Å². The Morgan fingerprint density at radius 2 is 1.75 bits per heavy atom. The van der Waals surface area contributed by atoms with E-state index in [1.165, 1.54) is 12.0 Å². The lowest BCUT2D eigenvalue weighted by atomic mass is 9.81. The average molecular weight is 761 g/mol. The van der Waals surface area contributed by atoms with Gasteiger partial charge in [0.15, 0.2) is 11.6 Å². The van der Waals surface area contributed by atoms with Crippen LogP contribution in [-0.2, 0) is 31.4 Å². The molecule has 1 saturated carbocycles. The molecule has 1 atom stereocenters. The molecule has 55 heavy (non-hydrogen) atoms. The fourth-order valence-corrected chi connectivity index (χ4v) is 9.09. The maximum atomic E-state index is 13.7. The Bertz CT molecular complexity index is 2250. The Morgan fingerprint density at radius 1 is 0.964 bits per heavy atom. The topological polar surface area (TPSA) is 129 Å². The van der Waals surface area contributed by atoms with Gasteiger partial charge in [-0.1, -0.05) is 42.8 Å². The van der Waals surface area contributed by atoms with Gasteiger partial charge >= 0.3 is 5.97 Å². The Labute approximate surface area is 327 Å². The molecule has 2 aromatic carbocycles. The largest absolute Gasteiger partial charge is 0.481 e. The maximum Gasteiger partial charge on any atom is 0.306 e. The zero-order chi connectivity index (χ0) is 38.2. The van der Waals surface area contributed by atoms with Crippen LogP contribution in [0.5, 0.6) is 0 Å². The van der Waals surface area contributed by atoms with E-state index < -0.39 is 5.97 Å². The molecule has 0 radical (unpaired) electrons. The molecule has 5 aromatic rings. The molecular weight excluding hydrogens is 712 g/mol. The summed E-state index contributed by atoms with van der Waals surface area (Å²) in [7, 11) is 1.90. The van der Waals surface area contributed by atoms with Gasteiger partial charge in [-0.3, -0.25) is 24.4 Å². The normalized spacial score (nSPS) is 20.4. The van der Waals surface area contributed by atoms with Crippen molar-refractivity contribution in [2.45, 2.75) is 65.5 Å². The molecule has 1 saturated heterocycles. The van der Waals surface area contributed by atoms with Gasteiger partial charge in [0.1, 0.15) is 5.52 Å². The summed E-state index contributed by atoms with van der Waals surface area (Å²) >= 11 is 7.07. The Hall–Kier alpha value is -4.84. The van der Waals surface area contributed by atoms with E-state index >= 15 is 0 Å². The highest BCUT2D eigenvalue weighted by Crippen LogP contribution is 2.39. The first kappa shape index (κ1) is 37.1. The molecule has 3 aromatic heterocycles. The third-order valence-electron chi connectivity index (χ3n) is 11.9. The van der Waals surface area contributed by atoms with Crippen molar-refractivity contribution >= 4 is 51.6 Å². The summed E-state index contributed by atoms with van der Waals surface area (Å²) in [6.07, 6.45) is 9.21. The van der Waals surface area contributed by atoms with Crippen LogP contribution in [0.25, 0.3) is 22.0 Å². The highest BCUT2D eigenvalue weighted by atomic mass is 35.5. The molecule has 0 bridgehead atoms. The molecule has 1 unspecified atom stereocenters. The van der Waals surface area contributed by atoms with E-state index in [0.29, 0.717) is 34.8 Å². The maximum absolute atomic E-state index is 13.7. The lowest BCUT2D eigenvalue weighted by Crippen LogP contribution is -2.36. The zero-order valence-corrected chi connectivity index (χ0v) is 32.6. The SMILES string of the molecule is Cc1c(Nc2nccc3cc(CN4CCC(C)C4)cnc23)cccc1-c1cccc(NC(=O)c2nc3c(n2C)CCN(C[C@H]2CC[C@@H](C(=O)O)CC2)C3)c1Cl. The molecule has 0 spiro atoms. The summed E-state index contributed by atoms with van der Waals surface area (Å²) in [4.78, 5) is 44.4. The van der Waals surface area contributed by atoms with Crippen molar-refractivity contribution in [2.24, 2.45) is 24.8 Å². The van der Waals surface area contributed by atoms with E-state index in [9.17, 15) is 14.7 Å². The molecule has 5 heterocycles. The van der Waals surface area contributed by atoms with Crippen LogP contribution in [0.4, 0.5) is 17.2 Å². The first-order valence-electron chi connectivity index (χ1n) is 19.5. The van der Waals surface area contributed by atoms with Crippen molar-refractivity contribution in [3.63, 3.8) is 0 Å². The number of aliphatic carboxylic acids is 1. The number of carbonyl (C=O) groups excluding carboxylic acids is 1. The third-order valence-corrected chi connectivity index (χ3v) is 12.4. The number of likely N-dealkylation sites (tertiary alicyclic amines) is 1. The fraction of sp³-hybridized carbons (Fsp3) is 0.419. The van der Waals surface area contributed by atoms with E-state index in [1.807, 2.05) is 66.5 Å². The number of aromatic nitrogens is 4. The minimum Gasteiger partial charge on any atom is -0.481 e. The average Bonchev–Trinajstić information content (AvgIpc) is 3.74. The summed E-state index contributed by atoms with van der Waals surface area (Å²) in [5, 5.41) is 17.4. The number of imidazole rings is 1. The minimum absolute atomic E-state index is 0.208. The molecule has 12 heteroatoms. The Kier molecular flexibility index (Phi) is 10.6. The summed E-state index contributed by atoms with van der Waals surface area (Å²) in [6, 6.07) is 16.0. The van der Waals surface area contributed by atoms with Crippen LogP contribution in [0.3, 0.4) is 0 Å². The van der Waals surface area contributed by atoms with Gasteiger partial charge in [0.05, 0.1) is 22.3 Å². The monoisotopic (exact) mass is 760 g/mol. The number of carboxylic acid groups (broad SMARTS) is 1. The van der Waals surface area contributed by atoms with Gasteiger partial charge in [0.2, 0.25) is 0 Å². The Balaban J connectivity index is 0.959. The van der Waals surface area contributed by atoms with Crippen molar-refractivity contribution < 1.29 is 14.7 Å². The van der Waals surface area contributed by atoms with Gasteiger partial charge in [0, 0.05) is 80.9 Å². The van der Waals surface area contributed by atoms with Gasteiger partial charge in [-0.15, -0.1) is 0 Å². The summed E-state index contributed by atoms with van der Waals surface area (Å²) in [6.45, 7) is 10.0. The van der Waals surface area contributed by atoms with E-state index in [1.54, 1.807) is 0 Å². The second-order valence-corrected chi connectivity index (χ2v) is 16.2. The number of carboxylic acids is 1.